The van der Waals surface area contributed by atoms with Crippen LogP contribution in [-0.4, -0.2) is 14.3 Å². The molecule has 0 aliphatic carbocycles. The lowest BCUT2D eigenvalue weighted by Gasteiger charge is -2.04. The quantitative estimate of drug-likeness (QED) is 0.910. The van der Waals surface area contributed by atoms with E-state index in [0.29, 0.717) is 23.5 Å². The highest BCUT2D eigenvalue weighted by Gasteiger charge is 2.07. The van der Waals surface area contributed by atoms with Gasteiger partial charge >= 0.3 is 6.55 Å². The zero-order chi connectivity index (χ0) is 12.3. The molecule has 4 nitrogen and oxygen atoms in total. The number of hydrogen-bond donors (Lipinski definition) is 1. The van der Waals surface area contributed by atoms with Crippen LogP contribution in [0.5, 0.6) is 0 Å². The van der Waals surface area contributed by atoms with Gasteiger partial charge in [-0.1, -0.05) is 0 Å². The fourth-order valence-electron chi connectivity index (χ4n) is 1.58. The fraction of sp³-hybridized carbons (Fsp3) is 0.364. The Hall–Kier alpha value is -1.40. The molecule has 0 saturated carbocycles. The summed E-state index contributed by atoms with van der Waals surface area (Å²) in [5.41, 5.74) is 1.75. The smallest absolute Gasteiger partial charge is 0.333 e. The first-order chi connectivity index (χ1) is 8.16. The Morgan fingerprint density at radius 2 is 2.06 bits per heavy atom. The van der Waals surface area contributed by atoms with Crippen molar-refractivity contribution in [2.24, 2.45) is 7.05 Å². The van der Waals surface area contributed by atoms with Gasteiger partial charge in [0.15, 0.2) is 0 Å². The standard InChI is InChI=1S/C11H14F2N4.ClH/c1-16-5-2-3-10(16)8-14-7-9-4-6-17(15-9)11(12)13;/h2-6,11,14H,7-8H2,1H3;1H. The second-order valence-electron chi connectivity index (χ2n) is 3.78. The Balaban J connectivity index is 0.00000162. The molecule has 0 unspecified atom stereocenters. The van der Waals surface area contributed by atoms with Gasteiger partial charge in [0, 0.05) is 38.2 Å². The van der Waals surface area contributed by atoms with E-state index in [-0.39, 0.29) is 12.4 Å². The third-order valence-electron chi connectivity index (χ3n) is 2.53. The summed E-state index contributed by atoms with van der Waals surface area (Å²) in [5.74, 6) is 0. The van der Waals surface area contributed by atoms with E-state index in [9.17, 15) is 8.78 Å². The molecule has 0 amide bonds. The maximum Gasteiger partial charge on any atom is 0.333 e. The molecule has 0 bridgehead atoms. The Labute approximate surface area is 110 Å². The molecule has 0 aromatic carbocycles. The van der Waals surface area contributed by atoms with Gasteiger partial charge in [-0.05, 0) is 18.2 Å². The van der Waals surface area contributed by atoms with Gasteiger partial charge in [-0.3, -0.25) is 0 Å². The van der Waals surface area contributed by atoms with Crippen molar-refractivity contribution < 1.29 is 8.78 Å². The molecule has 7 heteroatoms. The molecule has 2 aromatic rings. The first-order valence-electron chi connectivity index (χ1n) is 5.30. The van der Waals surface area contributed by atoms with E-state index in [1.807, 2.05) is 29.9 Å². The first kappa shape index (κ1) is 14.7. The number of nitrogens with one attached hydrogen (secondary N) is 1. The average Bonchev–Trinajstić information content (AvgIpc) is 2.89. The molecule has 2 aromatic heterocycles. The van der Waals surface area contributed by atoms with Crippen molar-refractivity contribution in [3.05, 3.63) is 42.0 Å². The number of aromatic nitrogens is 3. The Kier molecular flexibility index (Phi) is 5.30. The summed E-state index contributed by atoms with van der Waals surface area (Å²) >= 11 is 0. The molecule has 0 spiro atoms. The van der Waals surface area contributed by atoms with Crippen LogP contribution in [0, 0.1) is 0 Å². The van der Waals surface area contributed by atoms with Gasteiger partial charge in [-0.2, -0.15) is 13.9 Å². The average molecular weight is 277 g/mol. The van der Waals surface area contributed by atoms with Crippen molar-refractivity contribution in [1.29, 1.82) is 0 Å². The zero-order valence-electron chi connectivity index (χ0n) is 9.88. The predicted octanol–water partition coefficient (Wildman–Crippen LogP) is 2.33. The Morgan fingerprint density at radius 3 is 2.61 bits per heavy atom. The van der Waals surface area contributed by atoms with Gasteiger partial charge in [-0.15, -0.1) is 12.4 Å². The molecule has 0 atom stereocenters. The van der Waals surface area contributed by atoms with Crippen LogP contribution in [0.15, 0.2) is 30.6 Å². The molecule has 0 aliphatic heterocycles. The molecule has 2 rings (SSSR count). The number of halogens is 3. The number of nitrogens with zero attached hydrogens (tertiary/aromatic N) is 3. The molecule has 0 radical (unpaired) electrons. The monoisotopic (exact) mass is 276 g/mol. The van der Waals surface area contributed by atoms with E-state index >= 15 is 0 Å². The van der Waals surface area contributed by atoms with E-state index in [1.54, 1.807) is 6.07 Å². The van der Waals surface area contributed by atoms with E-state index in [1.165, 1.54) is 6.20 Å². The van der Waals surface area contributed by atoms with Crippen LogP contribution < -0.4 is 5.32 Å². The third kappa shape index (κ3) is 3.54. The van der Waals surface area contributed by atoms with Gasteiger partial charge in [-0.25, -0.2) is 4.68 Å². The van der Waals surface area contributed by atoms with E-state index < -0.39 is 6.55 Å². The van der Waals surface area contributed by atoms with Crippen LogP contribution in [0.2, 0.25) is 0 Å². The van der Waals surface area contributed by atoms with Crippen molar-refractivity contribution in [2.45, 2.75) is 19.6 Å². The normalized spacial score (nSPS) is 10.7. The summed E-state index contributed by atoms with van der Waals surface area (Å²) < 4.78 is 27.2. The highest BCUT2D eigenvalue weighted by atomic mass is 35.5. The molecule has 0 fully saturated rings. The number of hydrogen-bond acceptors (Lipinski definition) is 2. The van der Waals surface area contributed by atoms with Gasteiger partial charge in [0.05, 0.1) is 5.69 Å². The van der Waals surface area contributed by atoms with Crippen LogP contribution in [0.4, 0.5) is 8.78 Å². The molecular weight excluding hydrogens is 262 g/mol. The molecule has 18 heavy (non-hydrogen) atoms. The predicted molar refractivity (Wildman–Crippen MR) is 66.7 cm³/mol. The molecular formula is C11H15ClF2N4. The summed E-state index contributed by atoms with van der Waals surface area (Å²) in [4.78, 5) is 0. The first-order valence-corrected chi connectivity index (χ1v) is 5.30. The van der Waals surface area contributed by atoms with Crippen molar-refractivity contribution in [2.75, 3.05) is 0 Å². The van der Waals surface area contributed by atoms with Gasteiger partial charge in [0.1, 0.15) is 0 Å². The summed E-state index contributed by atoms with van der Waals surface area (Å²) in [6, 6.07) is 5.55. The summed E-state index contributed by atoms with van der Waals surface area (Å²) in [6.45, 7) is -1.41. The van der Waals surface area contributed by atoms with E-state index in [4.69, 9.17) is 0 Å². The second-order valence-corrected chi connectivity index (χ2v) is 3.78. The lowest BCUT2D eigenvalue weighted by Crippen LogP contribution is -2.15. The molecule has 100 valence electrons. The molecule has 1 N–H and O–H groups in total. The Bertz CT molecular complexity index is 481. The largest absolute Gasteiger partial charge is 0.353 e. The lowest BCUT2D eigenvalue weighted by atomic mass is 10.4. The van der Waals surface area contributed by atoms with Gasteiger partial charge in [0.25, 0.3) is 0 Å². The topological polar surface area (TPSA) is 34.8 Å². The third-order valence-corrected chi connectivity index (χ3v) is 2.53. The number of aryl methyl sites for hydroxylation is 1. The minimum absolute atomic E-state index is 0. The number of rotatable bonds is 5. The van der Waals surface area contributed by atoms with Crippen molar-refractivity contribution in [3.8, 4) is 0 Å². The number of alkyl halides is 2. The van der Waals surface area contributed by atoms with Crippen LogP contribution in [0.1, 0.15) is 17.9 Å². The highest BCUT2D eigenvalue weighted by molar-refractivity contribution is 5.85. The van der Waals surface area contributed by atoms with Crippen molar-refractivity contribution in [3.63, 3.8) is 0 Å². The summed E-state index contributed by atoms with van der Waals surface area (Å²) in [7, 11) is 1.96. The van der Waals surface area contributed by atoms with E-state index in [0.717, 1.165) is 5.69 Å². The van der Waals surface area contributed by atoms with E-state index in [2.05, 4.69) is 10.4 Å². The Morgan fingerprint density at radius 1 is 1.28 bits per heavy atom. The minimum atomic E-state index is -2.57. The summed E-state index contributed by atoms with van der Waals surface area (Å²) in [6.07, 6.45) is 3.24. The van der Waals surface area contributed by atoms with Crippen LogP contribution >= 0.6 is 12.4 Å². The lowest BCUT2D eigenvalue weighted by molar-refractivity contribution is 0.0561. The van der Waals surface area contributed by atoms with Crippen LogP contribution in [0.25, 0.3) is 0 Å². The highest BCUT2D eigenvalue weighted by Crippen LogP contribution is 2.08. The summed E-state index contributed by atoms with van der Waals surface area (Å²) in [5, 5.41) is 6.90. The molecule has 0 aliphatic rings. The van der Waals surface area contributed by atoms with Gasteiger partial charge in [0.2, 0.25) is 0 Å². The fourth-order valence-corrected chi connectivity index (χ4v) is 1.58. The second kappa shape index (κ2) is 6.51. The minimum Gasteiger partial charge on any atom is -0.353 e. The molecule has 0 saturated heterocycles. The SMILES string of the molecule is Cl.Cn1cccc1CNCc1ccn(C(F)F)n1. The van der Waals surface area contributed by atoms with Crippen molar-refractivity contribution >= 4 is 12.4 Å². The maximum atomic E-state index is 12.3. The van der Waals surface area contributed by atoms with Crippen LogP contribution in [-0.2, 0) is 20.1 Å². The van der Waals surface area contributed by atoms with Crippen LogP contribution in [0.3, 0.4) is 0 Å². The van der Waals surface area contributed by atoms with Gasteiger partial charge < -0.3 is 9.88 Å². The zero-order valence-corrected chi connectivity index (χ0v) is 10.7. The molecule has 2 heterocycles. The maximum absolute atomic E-state index is 12.3. The van der Waals surface area contributed by atoms with Crippen molar-refractivity contribution in [1.82, 2.24) is 19.7 Å².